The van der Waals surface area contributed by atoms with Crippen LogP contribution in [0.25, 0.3) is 0 Å². The molecule has 0 spiro atoms. The van der Waals surface area contributed by atoms with Crippen molar-refractivity contribution in [3.8, 4) is 5.75 Å². The monoisotopic (exact) mass is 447 g/mol. The lowest BCUT2D eigenvalue weighted by molar-refractivity contribution is -0.0504. The van der Waals surface area contributed by atoms with Crippen LogP contribution in [0.4, 0.5) is 8.78 Å². The minimum Gasteiger partial charge on any atom is -0.434 e. The van der Waals surface area contributed by atoms with E-state index < -0.39 is 6.61 Å². The zero-order chi connectivity index (χ0) is 16.5. The summed E-state index contributed by atoms with van der Waals surface area (Å²) in [5.74, 6) is 0.385. The fourth-order valence-corrected chi connectivity index (χ4v) is 2.05. The van der Waals surface area contributed by atoms with Crippen LogP contribution in [0.5, 0.6) is 5.75 Å². The summed E-state index contributed by atoms with van der Waals surface area (Å²) in [6.07, 6.45) is 0.822. The van der Waals surface area contributed by atoms with Crippen LogP contribution in [-0.2, 0) is 13.0 Å². The number of hydrogen-bond donors (Lipinski definition) is 2. The maximum absolute atomic E-state index is 12.3. The third-order valence-electron chi connectivity index (χ3n) is 3.17. The zero-order valence-electron chi connectivity index (χ0n) is 13.0. The summed E-state index contributed by atoms with van der Waals surface area (Å²) < 4.78 is 29.1. The quantitative estimate of drug-likeness (QED) is 0.388. The van der Waals surface area contributed by atoms with Gasteiger partial charge in [0.2, 0.25) is 0 Å². The van der Waals surface area contributed by atoms with Gasteiger partial charge in [0.05, 0.1) is 6.54 Å². The van der Waals surface area contributed by atoms with Gasteiger partial charge in [-0.05, 0) is 18.1 Å². The summed E-state index contributed by atoms with van der Waals surface area (Å²) in [6.45, 7) is -2.04. The van der Waals surface area contributed by atoms with Crippen molar-refractivity contribution in [1.29, 1.82) is 0 Å². The number of hydrogen-bond acceptors (Lipinski definition) is 2. The Labute approximate surface area is 157 Å². The summed E-state index contributed by atoms with van der Waals surface area (Å²) in [5.41, 5.74) is 7.54. The van der Waals surface area contributed by atoms with Gasteiger partial charge in [-0.2, -0.15) is 8.78 Å². The molecule has 2 aromatic carbocycles. The molecule has 0 aliphatic heterocycles. The number of para-hydroxylation sites is 1. The molecule has 0 aliphatic rings. The van der Waals surface area contributed by atoms with Gasteiger partial charge in [-0.3, -0.25) is 0 Å². The molecule has 0 saturated heterocycles. The number of guanidine groups is 1. The summed E-state index contributed by atoms with van der Waals surface area (Å²) in [7, 11) is 0. The standard InChI is InChI=1S/C17H19F2N3O.HI/c18-16(19)23-15-9-5-4-8-14(15)12-22-17(20)21-11-10-13-6-2-1-3-7-13;/h1-9,16H,10-12H2,(H3,20,21,22);1H. The maximum atomic E-state index is 12.3. The van der Waals surface area contributed by atoms with E-state index in [0.29, 0.717) is 12.1 Å². The lowest BCUT2D eigenvalue weighted by atomic mass is 10.1. The van der Waals surface area contributed by atoms with Gasteiger partial charge in [-0.25, -0.2) is 4.99 Å². The van der Waals surface area contributed by atoms with E-state index in [4.69, 9.17) is 5.73 Å². The molecule has 0 saturated carbocycles. The molecular formula is C17H20F2IN3O. The molecule has 24 heavy (non-hydrogen) atoms. The molecule has 0 aliphatic carbocycles. The number of nitrogens with one attached hydrogen (secondary N) is 1. The molecule has 0 heterocycles. The topological polar surface area (TPSA) is 59.6 Å². The summed E-state index contributed by atoms with van der Waals surface area (Å²) in [5, 5.41) is 3.00. The van der Waals surface area contributed by atoms with E-state index in [1.807, 2.05) is 30.3 Å². The number of ether oxygens (including phenoxy) is 1. The summed E-state index contributed by atoms with van der Waals surface area (Å²) >= 11 is 0. The Bertz CT molecular complexity index is 639. The highest BCUT2D eigenvalue weighted by molar-refractivity contribution is 14.0. The van der Waals surface area contributed by atoms with E-state index in [1.54, 1.807) is 18.2 Å². The first-order chi connectivity index (χ1) is 11.1. The van der Waals surface area contributed by atoms with Crippen molar-refractivity contribution in [2.75, 3.05) is 6.54 Å². The summed E-state index contributed by atoms with van der Waals surface area (Å²) in [6, 6.07) is 16.5. The lowest BCUT2D eigenvalue weighted by Gasteiger charge is -2.09. The van der Waals surface area contributed by atoms with Crippen LogP contribution < -0.4 is 15.8 Å². The van der Waals surface area contributed by atoms with Crippen molar-refractivity contribution >= 4 is 29.9 Å². The molecule has 2 aromatic rings. The van der Waals surface area contributed by atoms with Crippen LogP contribution in [0.1, 0.15) is 11.1 Å². The normalized spacial score (nSPS) is 11.0. The first kappa shape index (κ1) is 20.1. The molecule has 7 heteroatoms. The minimum absolute atomic E-state index is 0. The van der Waals surface area contributed by atoms with Crippen molar-refractivity contribution in [2.45, 2.75) is 19.6 Å². The molecule has 0 unspecified atom stereocenters. The van der Waals surface area contributed by atoms with Crippen LogP contribution >= 0.6 is 24.0 Å². The van der Waals surface area contributed by atoms with Crippen molar-refractivity contribution in [2.24, 2.45) is 10.7 Å². The van der Waals surface area contributed by atoms with Gasteiger partial charge in [-0.1, -0.05) is 48.5 Å². The number of alkyl halides is 2. The molecule has 0 bridgehead atoms. The van der Waals surface area contributed by atoms with Crippen molar-refractivity contribution in [3.63, 3.8) is 0 Å². The van der Waals surface area contributed by atoms with Gasteiger partial charge in [0, 0.05) is 12.1 Å². The van der Waals surface area contributed by atoms with Crippen LogP contribution in [0, 0.1) is 0 Å². The molecule has 4 nitrogen and oxygen atoms in total. The van der Waals surface area contributed by atoms with E-state index in [1.165, 1.54) is 11.6 Å². The summed E-state index contributed by atoms with van der Waals surface area (Å²) in [4.78, 5) is 4.15. The highest BCUT2D eigenvalue weighted by Crippen LogP contribution is 2.20. The predicted molar refractivity (Wildman–Crippen MR) is 102 cm³/mol. The Hall–Kier alpha value is -1.90. The number of halogens is 3. The first-order valence-electron chi connectivity index (χ1n) is 7.25. The van der Waals surface area contributed by atoms with E-state index >= 15 is 0 Å². The zero-order valence-corrected chi connectivity index (χ0v) is 15.3. The second kappa shape index (κ2) is 10.8. The second-order valence-corrected chi connectivity index (χ2v) is 4.85. The molecule has 0 fully saturated rings. The van der Waals surface area contributed by atoms with Crippen LogP contribution in [-0.4, -0.2) is 19.1 Å². The third-order valence-corrected chi connectivity index (χ3v) is 3.17. The number of benzene rings is 2. The predicted octanol–water partition coefficient (Wildman–Crippen LogP) is 3.55. The average molecular weight is 447 g/mol. The van der Waals surface area contributed by atoms with E-state index in [0.717, 1.165) is 6.42 Å². The maximum Gasteiger partial charge on any atom is 0.387 e. The molecular weight excluding hydrogens is 427 g/mol. The molecule has 130 valence electrons. The van der Waals surface area contributed by atoms with E-state index in [2.05, 4.69) is 15.0 Å². The van der Waals surface area contributed by atoms with E-state index in [-0.39, 0.29) is 42.2 Å². The highest BCUT2D eigenvalue weighted by Gasteiger charge is 2.08. The number of nitrogens with two attached hydrogens (primary N) is 1. The number of aliphatic imine (C=N–C) groups is 1. The number of nitrogens with zero attached hydrogens (tertiary/aromatic N) is 1. The Morgan fingerprint density at radius 3 is 2.46 bits per heavy atom. The molecule has 0 radical (unpaired) electrons. The van der Waals surface area contributed by atoms with E-state index in [9.17, 15) is 8.78 Å². The van der Waals surface area contributed by atoms with Crippen LogP contribution in [0.2, 0.25) is 0 Å². The van der Waals surface area contributed by atoms with Gasteiger partial charge in [0.25, 0.3) is 0 Å². The average Bonchev–Trinajstić information content (AvgIpc) is 2.54. The highest BCUT2D eigenvalue weighted by atomic mass is 127. The van der Waals surface area contributed by atoms with Crippen molar-refractivity contribution < 1.29 is 13.5 Å². The third kappa shape index (κ3) is 7.12. The SMILES string of the molecule is I.NC(=NCc1ccccc1OC(F)F)NCCc1ccccc1. The van der Waals surface area contributed by atoms with Gasteiger partial charge in [-0.15, -0.1) is 24.0 Å². The Balaban J connectivity index is 0.00000288. The molecule has 3 N–H and O–H groups in total. The Morgan fingerprint density at radius 1 is 1.08 bits per heavy atom. The van der Waals surface area contributed by atoms with Gasteiger partial charge in [0.1, 0.15) is 5.75 Å². The molecule has 0 aromatic heterocycles. The Morgan fingerprint density at radius 2 is 1.75 bits per heavy atom. The minimum atomic E-state index is -2.86. The molecule has 2 rings (SSSR count). The van der Waals surface area contributed by atoms with Crippen molar-refractivity contribution in [1.82, 2.24) is 5.32 Å². The largest absolute Gasteiger partial charge is 0.434 e. The fraction of sp³-hybridized carbons (Fsp3) is 0.235. The van der Waals surface area contributed by atoms with Gasteiger partial charge >= 0.3 is 6.61 Å². The van der Waals surface area contributed by atoms with Crippen LogP contribution in [0.3, 0.4) is 0 Å². The van der Waals surface area contributed by atoms with Crippen LogP contribution in [0.15, 0.2) is 59.6 Å². The number of rotatable bonds is 7. The van der Waals surface area contributed by atoms with Gasteiger partial charge < -0.3 is 15.8 Å². The lowest BCUT2D eigenvalue weighted by Crippen LogP contribution is -2.33. The smallest absolute Gasteiger partial charge is 0.387 e. The first-order valence-corrected chi connectivity index (χ1v) is 7.25. The fourth-order valence-electron chi connectivity index (χ4n) is 2.05. The Kier molecular flexibility index (Phi) is 9.06. The molecule has 0 atom stereocenters. The second-order valence-electron chi connectivity index (χ2n) is 4.85. The molecule has 0 amide bonds. The van der Waals surface area contributed by atoms with Gasteiger partial charge in [0.15, 0.2) is 5.96 Å². The van der Waals surface area contributed by atoms with Crippen molar-refractivity contribution in [3.05, 3.63) is 65.7 Å².